The van der Waals surface area contributed by atoms with Crippen LogP contribution < -0.4 is 9.47 Å². The molecular formula is C18H20F3NO2. The maximum atomic E-state index is 12.7. The van der Waals surface area contributed by atoms with Crippen molar-refractivity contribution in [3.8, 4) is 17.4 Å². The molecule has 0 spiro atoms. The number of aromatic nitrogens is 1. The smallest absolute Gasteiger partial charge is 0.393 e. The largest absolute Gasteiger partial charge is 0.497 e. The van der Waals surface area contributed by atoms with Crippen molar-refractivity contribution in [1.82, 2.24) is 4.98 Å². The molecule has 0 aliphatic heterocycles. The molecule has 0 fully saturated rings. The zero-order valence-corrected chi connectivity index (χ0v) is 14.3. The minimum atomic E-state index is -4.28. The van der Waals surface area contributed by atoms with E-state index in [0.29, 0.717) is 22.8 Å². The number of nitrogens with zero attached hydrogens (tertiary/aromatic N) is 1. The van der Waals surface area contributed by atoms with E-state index in [9.17, 15) is 13.2 Å². The predicted molar refractivity (Wildman–Crippen MR) is 86.0 cm³/mol. The third-order valence-corrected chi connectivity index (χ3v) is 3.72. The van der Waals surface area contributed by atoms with Gasteiger partial charge in [-0.1, -0.05) is 0 Å². The van der Waals surface area contributed by atoms with E-state index in [0.717, 1.165) is 11.1 Å². The summed E-state index contributed by atoms with van der Waals surface area (Å²) in [5.41, 5.74) is 2.71. The van der Waals surface area contributed by atoms with Crippen molar-refractivity contribution in [2.75, 3.05) is 7.11 Å². The fraction of sp³-hybridized carbons (Fsp3) is 0.389. The lowest BCUT2D eigenvalue weighted by atomic mass is 10.1. The summed E-state index contributed by atoms with van der Waals surface area (Å²) < 4.78 is 49.3. The highest BCUT2D eigenvalue weighted by Crippen LogP contribution is 2.34. The number of benzene rings is 1. The van der Waals surface area contributed by atoms with E-state index in [1.54, 1.807) is 21.0 Å². The van der Waals surface area contributed by atoms with Crippen molar-refractivity contribution >= 4 is 0 Å². The van der Waals surface area contributed by atoms with Gasteiger partial charge in [-0.15, -0.1) is 0 Å². The van der Waals surface area contributed by atoms with Gasteiger partial charge in [-0.25, -0.2) is 4.98 Å². The molecule has 0 bridgehead atoms. The molecule has 1 heterocycles. The fourth-order valence-corrected chi connectivity index (χ4v) is 2.56. The Balaban J connectivity index is 2.44. The third kappa shape index (κ3) is 4.19. The van der Waals surface area contributed by atoms with Crippen molar-refractivity contribution in [2.24, 2.45) is 0 Å². The van der Waals surface area contributed by atoms with Crippen molar-refractivity contribution in [1.29, 1.82) is 0 Å². The molecule has 6 heteroatoms. The Hall–Kier alpha value is -2.24. The van der Waals surface area contributed by atoms with E-state index in [1.165, 1.54) is 6.07 Å². The Morgan fingerprint density at radius 2 is 1.58 bits per heavy atom. The molecule has 0 saturated carbocycles. The molecule has 0 aliphatic rings. The Kier molecular flexibility index (Phi) is 5.06. The number of rotatable bonds is 4. The predicted octanol–water partition coefficient (Wildman–Crippen LogP) is 5.22. The van der Waals surface area contributed by atoms with Gasteiger partial charge in [0.25, 0.3) is 0 Å². The lowest BCUT2D eigenvalue weighted by Crippen LogP contribution is -2.13. The number of hydrogen-bond donors (Lipinski definition) is 0. The molecule has 3 nitrogen and oxygen atoms in total. The number of pyridine rings is 1. The minimum Gasteiger partial charge on any atom is -0.497 e. The molecule has 0 atom stereocenters. The molecule has 0 aliphatic carbocycles. The first-order valence-corrected chi connectivity index (χ1v) is 7.47. The monoisotopic (exact) mass is 339 g/mol. The van der Waals surface area contributed by atoms with Gasteiger partial charge in [0.1, 0.15) is 11.5 Å². The van der Waals surface area contributed by atoms with Crippen molar-refractivity contribution in [2.45, 2.75) is 40.3 Å². The highest BCUT2D eigenvalue weighted by atomic mass is 19.4. The zero-order valence-electron chi connectivity index (χ0n) is 14.3. The molecule has 2 rings (SSSR count). The van der Waals surface area contributed by atoms with Crippen LogP contribution in [0, 0.1) is 27.7 Å². The lowest BCUT2D eigenvalue weighted by Gasteiger charge is -2.17. The summed E-state index contributed by atoms with van der Waals surface area (Å²) in [6, 6.07) is 5.07. The van der Waals surface area contributed by atoms with Crippen LogP contribution in [0.25, 0.3) is 0 Å². The van der Waals surface area contributed by atoms with Gasteiger partial charge in [-0.2, -0.15) is 13.2 Å². The van der Waals surface area contributed by atoms with Crippen LogP contribution >= 0.6 is 0 Å². The van der Waals surface area contributed by atoms with E-state index in [4.69, 9.17) is 9.47 Å². The normalized spacial score (nSPS) is 11.5. The van der Waals surface area contributed by atoms with Gasteiger partial charge in [0, 0.05) is 11.3 Å². The average Bonchev–Trinajstić information content (AvgIpc) is 2.45. The molecule has 0 radical (unpaired) electrons. The second kappa shape index (κ2) is 6.71. The van der Waals surface area contributed by atoms with Crippen LogP contribution in [0.3, 0.4) is 0 Å². The first-order chi connectivity index (χ1) is 11.1. The van der Waals surface area contributed by atoms with Gasteiger partial charge in [0.15, 0.2) is 0 Å². The minimum absolute atomic E-state index is 0.175. The summed E-state index contributed by atoms with van der Waals surface area (Å²) in [6.45, 7) is 6.95. The average molecular weight is 339 g/mol. The Morgan fingerprint density at radius 1 is 1.00 bits per heavy atom. The van der Waals surface area contributed by atoms with Crippen molar-refractivity contribution < 1.29 is 22.6 Å². The highest BCUT2D eigenvalue weighted by molar-refractivity contribution is 5.48. The molecule has 0 unspecified atom stereocenters. The van der Waals surface area contributed by atoms with Gasteiger partial charge >= 0.3 is 6.18 Å². The van der Waals surface area contributed by atoms with Crippen molar-refractivity contribution in [3.05, 3.63) is 46.1 Å². The maximum absolute atomic E-state index is 12.7. The SMILES string of the molecule is COc1cc(C)c(Oc2nc(C)cc(CC(F)(F)F)c2C)c(C)c1. The third-order valence-electron chi connectivity index (χ3n) is 3.72. The second-order valence-electron chi connectivity index (χ2n) is 5.84. The van der Waals surface area contributed by atoms with E-state index in [2.05, 4.69) is 4.98 Å². The summed E-state index contributed by atoms with van der Waals surface area (Å²) in [5, 5.41) is 0. The van der Waals surface area contributed by atoms with E-state index >= 15 is 0 Å². The first-order valence-electron chi connectivity index (χ1n) is 7.47. The Labute approximate surface area is 139 Å². The number of halogens is 3. The molecule has 0 saturated heterocycles. The van der Waals surface area contributed by atoms with Gasteiger partial charge in [0.05, 0.1) is 13.5 Å². The van der Waals surface area contributed by atoms with Crippen LogP contribution in [0.1, 0.15) is 27.9 Å². The van der Waals surface area contributed by atoms with Gasteiger partial charge in [0.2, 0.25) is 5.88 Å². The van der Waals surface area contributed by atoms with Crippen LogP contribution in [-0.4, -0.2) is 18.3 Å². The molecule has 1 aromatic carbocycles. The first kappa shape index (κ1) is 18.1. The summed E-state index contributed by atoms with van der Waals surface area (Å²) in [7, 11) is 1.57. The standard InChI is InChI=1S/C18H20F3NO2/c1-10-6-15(23-5)7-11(2)16(10)24-17-13(4)14(8-12(3)22-17)9-18(19,20)21/h6-8H,9H2,1-5H3. The number of aryl methyl sites for hydroxylation is 3. The molecule has 1 aromatic heterocycles. The number of ether oxygens (including phenoxy) is 2. The zero-order chi connectivity index (χ0) is 18.1. The molecule has 130 valence electrons. The second-order valence-corrected chi connectivity index (χ2v) is 5.84. The fourth-order valence-electron chi connectivity index (χ4n) is 2.56. The van der Waals surface area contributed by atoms with Crippen molar-refractivity contribution in [3.63, 3.8) is 0 Å². The van der Waals surface area contributed by atoms with E-state index in [1.807, 2.05) is 26.0 Å². The quantitative estimate of drug-likeness (QED) is 0.765. The molecule has 0 amide bonds. The molecular weight excluding hydrogens is 319 g/mol. The van der Waals surface area contributed by atoms with E-state index in [-0.39, 0.29) is 11.4 Å². The highest BCUT2D eigenvalue weighted by Gasteiger charge is 2.29. The van der Waals surface area contributed by atoms with Crippen LogP contribution in [0.5, 0.6) is 17.4 Å². The Bertz CT molecular complexity index is 732. The molecule has 2 aromatic rings. The number of methoxy groups -OCH3 is 1. The molecule has 0 N–H and O–H groups in total. The lowest BCUT2D eigenvalue weighted by molar-refractivity contribution is -0.127. The van der Waals surface area contributed by atoms with Gasteiger partial charge < -0.3 is 9.47 Å². The number of hydrogen-bond acceptors (Lipinski definition) is 3. The number of alkyl halides is 3. The van der Waals surface area contributed by atoms with Crippen LogP contribution in [-0.2, 0) is 6.42 Å². The summed E-state index contributed by atoms with van der Waals surface area (Å²) in [4.78, 5) is 4.26. The summed E-state index contributed by atoms with van der Waals surface area (Å²) in [6.07, 6.45) is -5.28. The Morgan fingerprint density at radius 3 is 2.08 bits per heavy atom. The maximum Gasteiger partial charge on any atom is 0.393 e. The topological polar surface area (TPSA) is 31.4 Å². The molecule has 24 heavy (non-hydrogen) atoms. The van der Waals surface area contributed by atoms with Gasteiger partial charge in [-0.05, 0) is 62.6 Å². The summed E-state index contributed by atoms with van der Waals surface area (Å²) >= 11 is 0. The van der Waals surface area contributed by atoms with Crippen LogP contribution in [0.15, 0.2) is 18.2 Å². The van der Waals surface area contributed by atoms with Crippen LogP contribution in [0.2, 0.25) is 0 Å². The summed E-state index contributed by atoms with van der Waals surface area (Å²) in [5.74, 6) is 1.48. The van der Waals surface area contributed by atoms with E-state index < -0.39 is 12.6 Å². The van der Waals surface area contributed by atoms with Crippen LogP contribution in [0.4, 0.5) is 13.2 Å². The van der Waals surface area contributed by atoms with Gasteiger partial charge in [-0.3, -0.25) is 0 Å².